The second kappa shape index (κ2) is 10.7. The third kappa shape index (κ3) is 6.63. The smallest absolute Gasteiger partial charge is 0.344 e. The Morgan fingerprint density at radius 1 is 0.969 bits per heavy atom. The van der Waals surface area contributed by atoms with Gasteiger partial charge in [0.05, 0.1) is 17.0 Å². The van der Waals surface area contributed by atoms with Gasteiger partial charge in [0.25, 0.3) is 5.69 Å². The van der Waals surface area contributed by atoms with Gasteiger partial charge in [-0.2, -0.15) is 0 Å². The van der Waals surface area contributed by atoms with E-state index in [-0.39, 0.29) is 30.2 Å². The van der Waals surface area contributed by atoms with Crippen LogP contribution in [0.15, 0.2) is 72.8 Å². The average Bonchev–Trinajstić information content (AvgIpc) is 2.78. The number of carbonyl (C=O) groups excluding carboxylic acids is 2. The standard InChI is InChI=1S/C23H19FN2O6/c24-18-9-10-20(25-22(27)12-17-7-4-8-19(11-17)26(29)30)21(13-18)31-15-23(28)32-14-16-5-2-1-3-6-16/h1-11,13H,12,14-15H2,(H,25,27). The molecule has 0 heterocycles. The van der Waals surface area contributed by atoms with Crippen molar-refractivity contribution < 1.29 is 28.4 Å². The summed E-state index contributed by atoms with van der Waals surface area (Å²) in [7, 11) is 0. The number of nitrogens with zero attached hydrogens (tertiary/aromatic N) is 1. The van der Waals surface area contributed by atoms with Gasteiger partial charge >= 0.3 is 5.97 Å². The lowest BCUT2D eigenvalue weighted by atomic mass is 10.1. The molecule has 0 aliphatic heterocycles. The van der Waals surface area contributed by atoms with Crippen LogP contribution < -0.4 is 10.1 Å². The summed E-state index contributed by atoms with van der Waals surface area (Å²) in [4.78, 5) is 34.7. The van der Waals surface area contributed by atoms with E-state index in [0.717, 1.165) is 17.7 Å². The first-order valence-corrected chi connectivity index (χ1v) is 9.56. The zero-order valence-corrected chi connectivity index (χ0v) is 16.8. The zero-order valence-electron chi connectivity index (χ0n) is 16.8. The van der Waals surface area contributed by atoms with E-state index in [1.165, 1.54) is 24.3 Å². The van der Waals surface area contributed by atoms with Crippen molar-refractivity contribution in [3.63, 3.8) is 0 Å². The van der Waals surface area contributed by atoms with E-state index < -0.39 is 29.2 Å². The number of nitrogens with one attached hydrogen (secondary N) is 1. The maximum Gasteiger partial charge on any atom is 0.344 e. The highest BCUT2D eigenvalue weighted by atomic mass is 19.1. The molecule has 32 heavy (non-hydrogen) atoms. The number of halogens is 1. The van der Waals surface area contributed by atoms with Crippen LogP contribution in [-0.2, 0) is 27.4 Å². The van der Waals surface area contributed by atoms with Gasteiger partial charge in [-0.3, -0.25) is 14.9 Å². The van der Waals surface area contributed by atoms with Crippen molar-refractivity contribution in [1.29, 1.82) is 0 Å². The first kappa shape index (κ1) is 22.4. The number of nitro groups is 1. The highest BCUT2D eigenvalue weighted by Crippen LogP contribution is 2.26. The number of hydrogen-bond acceptors (Lipinski definition) is 6. The van der Waals surface area contributed by atoms with Gasteiger partial charge in [-0.15, -0.1) is 0 Å². The van der Waals surface area contributed by atoms with Crippen LogP contribution in [0.4, 0.5) is 15.8 Å². The molecule has 164 valence electrons. The molecule has 0 aliphatic rings. The predicted molar refractivity (Wildman–Crippen MR) is 114 cm³/mol. The summed E-state index contributed by atoms with van der Waals surface area (Å²) in [6.07, 6.45) is -0.141. The Morgan fingerprint density at radius 3 is 2.47 bits per heavy atom. The Morgan fingerprint density at radius 2 is 1.72 bits per heavy atom. The Balaban J connectivity index is 1.59. The first-order valence-electron chi connectivity index (χ1n) is 9.56. The maximum absolute atomic E-state index is 13.7. The molecule has 1 amide bonds. The molecule has 0 aromatic heterocycles. The molecular weight excluding hydrogens is 419 g/mol. The van der Waals surface area contributed by atoms with Gasteiger partial charge in [0.15, 0.2) is 6.61 Å². The highest BCUT2D eigenvalue weighted by Gasteiger charge is 2.14. The van der Waals surface area contributed by atoms with E-state index in [0.29, 0.717) is 5.56 Å². The van der Waals surface area contributed by atoms with Crippen molar-refractivity contribution in [3.05, 3.63) is 99.9 Å². The molecule has 0 bridgehead atoms. The number of amides is 1. The van der Waals surface area contributed by atoms with Gasteiger partial charge in [-0.25, -0.2) is 9.18 Å². The van der Waals surface area contributed by atoms with Crippen molar-refractivity contribution in [2.24, 2.45) is 0 Å². The van der Waals surface area contributed by atoms with E-state index in [1.807, 2.05) is 18.2 Å². The topological polar surface area (TPSA) is 108 Å². The van der Waals surface area contributed by atoms with Gasteiger partial charge in [0.2, 0.25) is 5.91 Å². The molecule has 8 nitrogen and oxygen atoms in total. The lowest BCUT2D eigenvalue weighted by Gasteiger charge is -2.13. The van der Waals surface area contributed by atoms with Crippen molar-refractivity contribution in [1.82, 2.24) is 0 Å². The van der Waals surface area contributed by atoms with E-state index >= 15 is 0 Å². The lowest BCUT2D eigenvalue weighted by molar-refractivity contribution is -0.384. The predicted octanol–water partition coefficient (Wildman–Crippen LogP) is 4.04. The molecule has 0 unspecified atom stereocenters. The Bertz CT molecular complexity index is 1120. The van der Waals surface area contributed by atoms with Gasteiger partial charge in [-0.05, 0) is 23.3 Å². The summed E-state index contributed by atoms with van der Waals surface area (Å²) in [6.45, 7) is -0.414. The molecule has 0 radical (unpaired) electrons. The largest absolute Gasteiger partial charge is 0.480 e. The number of hydrogen-bond donors (Lipinski definition) is 1. The molecule has 0 aliphatic carbocycles. The summed E-state index contributed by atoms with van der Waals surface area (Å²) in [6, 6.07) is 18.2. The van der Waals surface area contributed by atoms with Crippen LogP contribution >= 0.6 is 0 Å². The number of ether oxygens (including phenoxy) is 2. The van der Waals surface area contributed by atoms with Crippen LogP contribution in [0, 0.1) is 15.9 Å². The van der Waals surface area contributed by atoms with Crippen LogP contribution in [0.3, 0.4) is 0 Å². The fourth-order valence-corrected chi connectivity index (χ4v) is 2.80. The number of anilines is 1. The van der Waals surface area contributed by atoms with E-state index in [4.69, 9.17) is 9.47 Å². The summed E-state index contributed by atoms with van der Waals surface area (Å²) >= 11 is 0. The Kier molecular flexibility index (Phi) is 7.47. The number of carbonyl (C=O) groups is 2. The zero-order chi connectivity index (χ0) is 22.9. The number of non-ortho nitro benzene ring substituents is 1. The summed E-state index contributed by atoms with van der Waals surface area (Å²) in [5.41, 5.74) is 1.26. The second-order valence-corrected chi connectivity index (χ2v) is 6.73. The average molecular weight is 438 g/mol. The highest BCUT2D eigenvalue weighted by molar-refractivity contribution is 5.93. The second-order valence-electron chi connectivity index (χ2n) is 6.73. The summed E-state index contributed by atoms with van der Waals surface area (Å²) in [5.74, 6) is -1.82. The molecule has 0 atom stereocenters. The van der Waals surface area contributed by atoms with E-state index in [2.05, 4.69) is 5.32 Å². The lowest BCUT2D eigenvalue weighted by Crippen LogP contribution is -2.18. The molecule has 9 heteroatoms. The third-order valence-electron chi connectivity index (χ3n) is 4.29. The summed E-state index contributed by atoms with van der Waals surface area (Å²) in [5, 5.41) is 13.4. The molecular formula is C23H19FN2O6. The van der Waals surface area contributed by atoms with Crippen molar-refractivity contribution in [3.8, 4) is 5.75 Å². The minimum absolute atomic E-state index is 0.0472. The fraction of sp³-hybridized carbons (Fsp3) is 0.130. The van der Waals surface area contributed by atoms with Crippen LogP contribution in [-0.4, -0.2) is 23.4 Å². The molecule has 0 saturated heterocycles. The van der Waals surface area contributed by atoms with E-state index in [9.17, 15) is 24.1 Å². The van der Waals surface area contributed by atoms with E-state index in [1.54, 1.807) is 18.2 Å². The SMILES string of the molecule is O=C(Cc1cccc([N+](=O)[O-])c1)Nc1ccc(F)cc1OCC(=O)OCc1ccccc1. The molecule has 3 aromatic carbocycles. The molecule has 0 spiro atoms. The van der Waals surface area contributed by atoms with Gasteiger partial charge in [-0.1, -0.05) is 42.5 Å². The monoisotopic (exact) mass is 438 g/mol. The molecule has 0 saturated carbocycles. The quantitative estimate of drug-likeness (QED) is 0.307. The van der Waals surface area contributed by atoms with Gasteiger partial charge in [0.1, 0.15) is 18.2 Å². The maximum atomic E-state index is 13.7. The third-order valence-corrected chi connectivity index (χ3v) is 4.29. The van der Waals surface area contributed by atoms with Crippen molar-refractivity contribution in [2.75, 3.05) is 11.9 Å². The number of rotatable bonds is 9. The normalized spacial score (nSPS) is 10.3. The number of benzene rings is 3. The van der Waals surface area contributed by atoms with Gasteiger partial charge < -0.3 is 14.8 Å². The van der Waals surface area contributed by atoms with Crippen molar-refractivity contribution in [2.45, 2.75) is 13.0 Å². The van der Waals surface area contributed by atoms with Gasteiger partial charge in [0, 0.05) is 18.2 Å². The number of esters is 1. The molecule has 0 fully saturated rings. The minimum Gasteiger partial charge on any atom is -0.480 e. The van der Waals surface area contributed by atoms with Crippen LogP contribution in [0.5, 0.6) is 5.75 Å². The fourth-order valence-electron chi connectivity index (χ4n) is 2.80. The molecule has 1 N–H and O–H groups in total. The molecule has 3 aromatic rings. The molecule has 3 rings (SSSR count). The van der Waals surface area contributed by atoms with Crippen molar-refractivity contribution >= 4 is 23.3 Å². The first-order chi connectivity index (χ1) is 15.4. The summed E-state index contributed by atoms with van der Waals surface area (Å²) < 4.78 is 24.1. The van der Waals surface area contributed by atoms with Crippen LogP contribution in [0.25, 0.3) is 0 Å². The van der Waals surface area contributed by atoms with Crippen LogP contribution in [0.1, 0.15) is 11.1 Å². The Hall–Kier alpha value is -4.27. The number of nitro benzene ring substituents is 1. The Labute approximate surface area is 182 Å². The minimum atomic E-state index is -0.660. The van der Waals surface area contributed by atoms with Crippen LogP contribution in [0.2, 0.25) is 0 Å².